The second kappa shape index (κ2) is 10.8. The standard InChI is InChI=1S/C25H21NO8/c1-31-19-10-13-22(32-2)20(15-19)21(27)11-4-16-5-12-23(24(14-16)33-3)34-25(28)17-6-8-18(9-7-17)26(29)30/h4-15H,1-3H3/b11-4+. The Labute approximate surface area is 195 Å². The minimum atomic E-state index is -0.697. The van der Waals surface area contributed by atoms with Gasteiger partial charge in [-0.2, -0.15) is 0 Å². The van der Waals surface area contributed by atoms with Gasteiger partial charge < -0.3 is 18.9 Å². The SMILES string of the molecule is COc1ccc(OC)c(C(=O)/C=C/c2ccc(OC(=O)c3ccc([N+](=O)[O-])cc3)c(OC)c2)c1. The molecule has 174 valence electrons. The zero-order valence-corrected chi connectivity index (χ0v) is 18.6. The summed E-state index contributed by atoms with van der Waals surface area (Å²) >= 11 is 0. The number of benzene rings is 3. The second-order valence-electron chi connectivity index (χ2n) is 6.87. The number of allylic oxidation sites excluding steroid dienone is 1. The van der Waals surface area contributed by atoms with E-state index in [-0.39, 0.29) is 28.5 Å². The number of esters is 1. The Morgan fingerprint density at radius 2 is 1.50 bits per heavy atom. The van der Waals surface area contributed by atoms with Crippen LogP contribution in [0.15, 0.2) is 66.7 Å². The number of hydrogen-bond donors (Lipinski definition) is 0. The molecule has 0 radical (unpaired) electrons. The molecule has 0 heterocycles. The first-order valence-electron chi connectivity index (χ1n) is 9.95. The van der Waals surface area contributed by atoms with Gasteiger partial charge in [0.15, 0.2) is 17.3 Å². The van der Waals surface area contributed by atoms with Gasteiger partial charge >= 0.3 is 5.97 Å². The zero-order chi connectivity index (χ0) is 24.7. The molecule has 0 saturated carbocycles. The molecule has 0 fully saturated rings. The maximum absolute atomic E-state index is 12.7. The van der Waals surface area contributed by atoms with Gasteiger partial charge in [-0.15, -0.1) is 0 Å². The fraction of sp³-hybridized carbons (Fsp3) is 0.120. The van der Waals surface area contributed by atoms with Crippen LogP contribution < -0.4 is 18.9 Å². The Hall–Kier alpha value is -4.66. The highest BCUT2D eigenvalue weighted by Gasteiger charge is 2.15. The highest BCUT2D eigenvalue weighted by atomic mass is 16.6. The molecule has 3 rings (SSSR count). The highest BCUT2D eigenvalue weighted by Crippen LogP contribution is 2.30. The summed E-state index contributed by atoms with van der Waals surface area (Å²) in [5.74, 6) is 0.382. The summed E-state index contributed by atoms with van der Waals surface area (Å²) in [6.45, 7) is 0. The molecule has 0 amide bonds. The van der Waals surface area contributed by atoms with E-state index >= 15 is 0 Å². The van der Waals surface area contributed by atoms with Crippen LogP contribution in [0.3, 0.4) is 0 Å². The molecule has 0 atom stereocenters. The predicted octanol–water partition coefficient (Wildman–Crippen LogP) is 4.74. The van der Waals surface area contributed by atoms with Gasteiger partial charge in [-0.3, -0.25) is 14.9 Å². The minimum absolute atomic E-state index is 0.133. The molecule has 0 bridgehead atoms. The van der Waals surface area contributed by atoms with Gasteiger partial charge in [0.2, 0.25) is 0 Å². The molecule has 0 aliphatic carbocycles. The van der Waals surface area contributed by atoms with Crippen LogP contribution in [-0.4, -0.2) is 38.0 Å². The van der Waals surface area contributed by atoms with Crippen LogP contribution in [0, 0.1) is 10.1 Å². The maximum Gasteiger partial charge on any atom is 0.343 e. The van der Waals surface area contributed by atoms with E-state index in [0.717, 1.165) is 0 Å². The summed E-state index contributed by atoms with van der Waals surface area (Å²) in [4.78, 5) is 35.3. The number of nitro benzene ring substituents is 1. The summed E-state index contributed by atoms with van der Waals surface area (Å²) < 4.78 is 21.1. The zero-order valence-electron chi connectivity index (χ0n) is 18.6. The average molecular weight is 463 g/mol. The van der Waals surface area contributed by atoms with Crippen molar-refractivity contribution in [2.75, 3.05) is 21.3 Å². The number of non-ortho nitro benzene ring substituents is 1. The maximum atomic E-state index is 12.7. The molecule has 0 saturated heterocycles. The Kier molecular flexibility index (Phi) is 7.60. The number of methoxy groups -OCH3 is 3. The molecule has 3 aromatic rings. The van der Waals surface area contributed by atoms with Crippen LogP contribution in [-0.2, 0) is 0 Å². The topological polar surface area (TPSA) is 114 Å². The molecule has 0 aliphatic rings. The monoisotopic (exact) mass is 463 g/mol. The molecule has 0 N–H and O–H groups in total. The number of nitro groups is 1. The van der Waals surface area contributed by atoms with Gasteiger partial charge in [0, 0.05) is 12.1 Å². The van der Waals surface area contributed by atoms with Gasteiger partial charge in [0.1, 0.15) is 11.5 Å². The number of ether oxygens (including phenoxy) is 4. The van der Waals surface area contributed by atoms with Crippen molar-refractivity contribution in [2.45, 2.75) is 0 Å². The first kappa shape index (κ1) is 24.0. The molecule has 0 spiro atoms. The van der Waals surface area contributed by atoms with E-state index in [1.54, 1.807) is 36.4 Å². The van der Waals surface area contributed by atoms with E-state index in [2.05, 4.69) is 0 Å². The Morgan fingerprint density at radius 1 is 0.824 bits per heavy atom. The van der Waals surface area contributed by atoms with Gasteiger partial charge in [-0.25, -0.2) is 4.79 Å². The van der Waals surface area contributed by atoms with Crippen molar-refractivity contribution in [1.82, 2.24) is 0 Å². The van der Waals surface area contributed by atoms with Crippen LogP contribution in [0.5, 0.6) is 23.0 Å². The highest BCUT2D eigenvalue weighted by molar-refractivity contribution is 6.09. The minimum Gasteiger partial charge on any atom is -0.497 e. The van der Waals surface area contributed by atoms with Crippen molar-refractivity contribution >= 4 is 23.5 Å². The molecule has 0 unspecified atom stereocenters. The van der Waals surface area contributed by atoms with E-state index in [9.17, 15) is 19.7 Å². The lowest BCUT2D eigenvalue weighted by atomic mass is 10.1. The van der Waals surface area contributed by atoms with E-state index < -0.39 is 10.9 Å². The third-order valence-electron chi connectivity index (χ3n) is 4.80. The number of carbonyl (C=O) groups is 2. The number of nitrogens with zero attached hydrogens (tertiary/aromatic N) is 1. The van der Waals surface area contributed by atoms with Crippen molar-refractivity contribution in [2.24, 2.45) is 0 Å². The summed E-state index contributed by atoms with van der Waals surface area (Å²) in [5, 5.41) is 10.8. The van der Waals surface area contributed by atoms with Crippen LogP contribution >= 0.6 is 0 Å². The normalized spacial score (nSPS) is 10.6. The smallest absolute Gasteiger partial charge is 0.343 e. The van der Waals surface area contributed by atoms with Crippen molar-refractivity contribution in [3.05, 3.63) is 93.5 Å². The quantitative estimate of drug-likeness (QED) is 0.112. The van der Waals surface area contributed by atoms with Crippen molar-refractivity contribution < 1.29 is 33.5 Å². The summed E-state index contributed by atoms with van der Waals surface area (Å²) in [7, 11) is 4.40. The predicted molar refractivity (Wildman–Crippen MR) is 124 cm³/mol. The van der Waals surface area contributed by atoms with E-state index in [4.69, 9.17) is 18.9 Å². The lowest BCUT2D eigenvalue weighted by molar-refractivity contribution is -0.384. The summed E-state index contributed by atoms with van der Waals surface area (Å²) in [5.41, 5.74) is 0.988. The largest absolute Gasteiger partial charge is 0.497 e. The number of rotatable bonds is 9. The Bertz CT molecular complexity index is 1250. The van der Waals surface area contributed by atoms with E-state index in [0.29, 0.717) is 22.6 Å². The number of ketones is 1. The van der Waals surface area contributed by atoms with Crippen LogP contribution in [0.4, 0.5) is 5.69 Å². The Morgan fingerprint density at radius 3 is 2.12 bits per heavy atom. The Balaban J connectivity index is 1.77. The second-order valence-corrected chi connectivity index (χ2v) is 6.87. The molecule has 9 nitrogen and oxygen atoms in total. The van der Waals surface area contributed by atoms with Crippen LogP contribution in [0.25, 0.3) is 6.08 Å². The average Bonchev–Trinajstić information content (AvgIpc) is 2.87. The lowest BCUT2D eigenvalue weighted by Crippen LogP contribution is -2.09. The molecule has 9 heteroatoms. The van der Waals surface area contributed by atoms with Gasteiger partial charge in [0.05, 0.1) is 37.4 Å². The van der Waals surface area contributed by atoms with Gasteiger partial charge in [-0.05, 0) is 54.1 Å². The summed E-state index contributed by atoms with van der Waals surface area (Å²) in [6, 6.07) is 14.8. The molecule has 3 aromatic carbocycles. The third-order valence-corrected chi connectivity index (χ3v) is 4.80. The van der Waals surface area contributed by atoms with Gasteiger partial charge in [0.25, 0.3) is 5.69 Å². The fourth-order valence-corrected chi connectivity index (χ4v) is 3.02. The van der Waals surface area contributed by atoms with Gasteiger partial charge in [-0.1, -0.05) is 12.1 Å². The van der Waals surface area contributed by atoms with E-state index in [1.165, 1.54) is 57.7 Å². The van der Waals surface area contributed by atoms with Crippen molar-refractivity contribution in [3.63, 3.8) is 0 Å². The van der Waals surface area contributed by atoms with Crippen molar-refractivity contribution in [1.29, 1.82) is 0 Å². The number of carbonyl (C=O) groups excluding carboxylic acids is 2. The fourth-order valence-electron chi connectivity index (χ4n) is 3.02. The molecular formula is C25H21NO8. The third kappa shape index (κ3) is 5.57. The summed E-state index contributed by atoms with van der Waals surface area (Å²) in [6.07, 6.45) is 2.97. The number of hydrogen-bond acceptors (Lipinski definition) is 8. The molecule has 0 aliphatic heterocycles. The molecular weight excluding hydrogens is 442 g/mol. The lowest BCUT2D eigenvalue weighted by Gasteiger charge is -2.10. The molecule has 34 heavy (non-hydrogen) atoms. The van der Waals surface area contributed by atoms with Crippen LogP contribution in [0.2, 0.25) is 0 Å². The van der Waals surface area contributed by atoms with E-state index in [1.807, 2.05) is 0 Å². The first-order valence-corrected chi connectivity index (χ1v) is 9.95. The molecule has 0 aromatic heterocycles. The van der Waals surface area contributed by atoms with Crippen LogP contribution in [0.1, 0.15) is 26.3 Å². The first-order chi connectivity index (χ1) is 16.4. The van der Waals surface area contributed by atoms with Crippen molar-refractivity contribution in [3.8, 4) is 23.0 Å².